The summed E-state index contributed by atoms with van der Waals surface area (Å²) < 4.78 is 0. The number of fused-ring (bicyclic) bond motifs is 2. The predicted molar refractivity (Wildman–Crippen MR) is 340 cm³/mol. The van der Waals surface area contributed by atoms with Crippen molar-refractivity contribution in [3.8, 4) is 11.1 Å². The van der Waals surface area contributed by atoms with E-state index >= 15 is 0 Å². The third kappa shape index (κ3) is 20.0. The van der Waals surface area contributed by atoms with Crippen molar-refractivity contribution < 1.29 is 0 Å². The molecule has 74 heavy (non-hydrogen) atoms. The van der Waals surface area contributed by atoms with Crippen molar-refractivity contribution in [3.63, 3.8) is 0 Å². The maximum atomic E-state index is 3.61. The fourth-order valence-electron chi connectivity index (χ4n) is 8.36. The molecule has 0 heterocycles. The molecule has 0 saturated carbocycles. The Balaban J connectivity index is 0.000000321. The maximum absolute atomic E-state index is 3.61. The second-order valence-electron chi connectivity index (χ2n) is 18.3. The monoisotopic (exact) mass is 979 g/mol. The van der Waals surface area contributed by atoms with Crippen molar-refractivity contribution in [2.24, 2.45) is 5.92 Å². The summed E-state index contributed by atoms with van der Waals surface area (Å²) in [5.41, 5.74) is 16.2. The van der Waals surface area contributed by atoms with E-state index in [9.17, 15) is 0 Å². The van der Waals surface area contributed by atoms with Crippen molar-refractivity contribution in [1.29, 1.82) is 0 Å². The van der Waals surface area contributed by atoms with Gasteiger partial charge >= 0.3 is 0 Å². The molecule has 0 N–H and O–H groups in total. The molecule has 0 fully saturated rings. The summed E-state index contributed by atoms with van der Waals surface area (Å²) in [5, 5.41) is 8.12. The number of rotatable bonds is 4. The molecule has 0 spiro atoms. The molecule has 0 heteroatoms. The minimum Gasteiger partial charge on any atom is -0.106 e. The standard InChI is InChI=1S/C24H20.2C11H10.C9H14.C7H8.C6H12.2C2H6.C2H4/c1-15-3-6-17(7-4-15)21-13-10-19-9-12-20-16(2)5-8-18-11-14-22(21)24(19)23(18)20;2*1-9-6-7-10-4-2-3-5-11(10)8-9;1-5-7-9(4)8(3)6-2;1-7-5-3-2-4-6-7;1-4-5-6(2)3;3*1-2/h3-14,16,20H,1-2H3;2*2-8H,1H3;5-7H,1H2,2-4H3;2-6H,1H3;5H,4H2,1-3H3;2*1-2H3;1-2H2/b;;;8-6-,9-7-;;;;;. The summed E-state index contributed by atoms with van der Waals surface area (Å²) in [4.78, 5) is 0. The zero-order valence-electron chi connectivity index (χ0n) is 48.2. The smallest absolute Gasteiger partial charge is 0.00939 e. The van der Waals surface area contributed by atoms with E-state index in [1.807, 2.05) is 65.0 Å². The van der Waals surface area contributed by atoms with Crippen molar-refractivity contribution in [1.82, 2.24) is 0 Å². The molecular formula is C74H90. The summed E-state index contributed by atoms with van der Waals surface area (Å²) in [7, 11) is 0. The second-order valence-corrected chi connectivity index (χ2v) is 18.3. The second kappa shape index (κ2) is 35.0. The first-order valence-corrected chi connectivity index (χ1v) is 26.8. The number of benzene rings is 8. The summed E-state index contributed by atoms with van der Waals surface area (Å²) in [6.07, 6.45) is 18.6. The zero-order valence-corrected chi connectivity index (χ0v) is 48.2. The Morgan fingerprint density at radius 1 is 0.514 bits per heavy atom. The van der Waals surface area contributed by atoms with Crippen LogP contribution in [0.2, 0.25) is 0 Å². The first-order valence-electron chi connectivity index (χ1n) is 26.8. The number of hydrogen-bond donors (Lipinski definition) is 0. The van der Waals surface area contributed by atoms with Crippen LogP contribution in [0.3, 0.4) is 0 Å². The lowest BCUT2D eigenvalue weighted by Crippen LogP contribution is -2.13. The Labute approximate surface area is 451 Å². The molecule has 0 aliphatic heterocycles. The van der Waals surface area contributed by atoms with Gasteiger partial charge in [-0.3, -0.25) is 0 Å². The number of allylic oxidation sites excluding steroid dienone is 9. The van der Waals surface area contributed by atoms with Gasteiger partial charge in [-0.15, -0.1) is 13.2 Å². The van der Waals surface area contributed by atoms with E-state index in [1.165, 1.54) is 106 Å². The van der Waals surface area contributed by atoms with Crippen LogP contribution >= 0.6 is 0 Å². The van der Waals surface area contributed by atoms with E-state index in [0.29, 0.717) is 11.8 Å². The molecule has 0 amide bonds. The molecule has 2 aliphatic carbocycles. The molecule has 8 aromatic rings. The molecule has 8 aromatic carbocycles. The van der Waals surface area contributed by atoms with Crippen molar-refractivity contribution in [3.05, 3.63) is 276 Å². The summed E-state index contributed by atoms with van der Waals surface area (Å²) in [6, 6.07) is 58.1. The third-order valence-electron chi connectivity index (χ3n) is 12.4. The predicted octanol–water partition coefficient (Wildman–Crippen LogP) is 23.2. The first-order chi connectivity index (χ1) is 35.8. The van der Waals surface area contributed by atoms with Crippen LogP contribution in [0.25, 0.3) is 55.6 Å². The molecule has 10 rings (SSSR count). The topological polar surface area (TPSA) is 0 Å². The van der Waals surface area contributed by atoms with Gasteiger partial charge in [-0.1, -0.05) is 294 Å². The molecule has 0 aromatic heterocycles. The normalized spacial score (nSPS) is 13.1. The minimum atomic E-state index is 0.509. The fraction of sp³-hybridized carbons (Fsp3) is 0.243. The lowest BCUT2D eigenvalue weighted by molar-refractivity contribution is 0.640. The van der Waals surface area contributed by atoms with E-state index in [-0.39, 0.29) is 0 Å². The highest BCUT2D eigenvalue weighted by atomic mass is 14.3. The zero-order chi connectivity index (χ0) is 55.0. The number of hydrogen-bond acceptors (Lipinski definition) is 0. The highest BCUT2D eigenvalue weighted by molar-refractivity contribution is 6.06. The van der Waals surface area contributed by atoms with Gasteiger partial charge in [0.2, 0.25) is 0 Å². The third-order valence-corrected chi connectivity index (χ3v) is 12.4. The van der Waals surface area contributed by atoms with Gasteiger partial charge in [-0.05, 0) is 140 Å². The first kappa shape index (κ1) is 62.8. The van der Waals surface area contributed by atoms with Crippen LogP contribution in [-0.4, -0.2) is 0 Å². The number of aryl methyl sites for hydroxylation is 4. The van der Waals surface area contributed by atoms with Gasteiger partial charge in [0, 0.05) is 5.92 Å². The Bertz CT molecular complexity index is 2970. The van der Waals surface area contributed by atoms with E-state index in [2.05, 4.69) is 271 Å². The fourth-order valence-corrected chi connectivity index (χ4v) is 8.36. The van der Waals surface area contributed by atoms with Crippen LogP contribution in [-0.2, 0) is 0 Å². The van der Waals surface area contributed by atoms with Crippen LogP contribution in [0.15, 0.2) is 237 Å². The van der Waals surface area contributed by atoms with E-state index < -0.39 is 0 Å². The Kier molecular flexibility index (Phi) is 29.7. The van der Waals surface area contributed by atoms with Crippen LogP contribution in [0.4, 0.5) is 0 Å². The molecule has 2 aliphatic rings. The van der Waals surface area contributed by atoms with Gasteiger partial charge in [0.05, 0.1) is 0 Å². The molecule has 2 unspecified atom stereocenters. The quantitative estimate of drug-likeness (QED) is 0.122. The van der Waals surface area contributed by atoms with E-state index in [1.54, 1.807) is 0 Å². The van der Waals surface area contributed by atoms with Gasteiger partial charge in [0.1, 0.15) is 0 Å². The van der Waals surface area contributed by atoms with Gasteiger partial charge < -0.3 is 0 Å². The highest BCUT2D eigenvalue weighted by Crippen LogP contribution is 2.46. The average Bonchev–Trinajstić information content (AvgIpc) is 3.43. The Morgan fingerprint density at radius 2 is 0.986 bits per heavy atom. The molecule has 2 atom stereocenters. The SMILES string of the molecule is C=C.C=C/C=C(C)\C(C)=C/C.CC.CC.CCC=C(C)C.Cc1ccc(-c2ccc3c4c5c(ccc24)C=CC(C)C5C=C3)cc1.Cc1ccc2ccccc2c1.Cc1ccc2ccccc2c1.Cc1ccccc1. The van der Waals surface area contributed by atoms with Crippen LogP contribution in [0.5, 0.6) is 0 Å². The summed E-state index contributed by atoms with van der Waals surface area (Å²) >= 11 is 0. The molecule has 0 bridgehead atoms. The lowest BCUT2D eigenvalue weighted by Gasteiger charge is -2.30. The van der Waals surface area contributed by atoms with Crippen LogP contribution in [0, 0.1) is 33.6 Å². The molecular weight excluding hydrogens is 889 g/mol. The van der Waals surface area contributed by atoms with Crippen LogP contribution in [0.1, 0.15) is 127 Å². The maximum Gasteiger partial charge on any atom is 0.00939 e. The van der Waals surface area contributed by atoms with Crippen molar-refractivity contribution in [2.45, 2.75) is 116 Å². The molecule has 0 saturated heterocycles. The summed E-state index contributed by atoms with van der Waals surface area (Å²) in [6.45, 7) is 41.0. The largest absolute Gasteiger partial charge is 0.106 e. The van der Waals surface area contributed by atoms with Gasteiger partial charge in [-0.25, -0.2) is 0 Å². The molecule has 386 valence electrons. The molecule has 0 nitrogen and oxygen atoms in total. The Hall–Kier alpha value is -7.28. The Morgan fingerprint density at radius 3 is 1.45 bits per heavy atom. The van der Waals surface area contributed by atoms with E-state index in [4.69, 9.17) is 0 Å². The lowest BCUT2D eigenvalue weighted by atomic mass is 9.73. The van der Waals surface area contributed by atoms with Gasteiger partial charge in [0.15, 0.2) is 0 Å². The minimum absolute atomic E-state index is 0.509. The highest BCUT2D eigenvalue weighted by Gasteiger charge is 2.27. The van der Waals surface area contributed by atoms with Crippen molar-refractivity contribution in [2.75, 3.05) is 0 Å². The van der Waals surface area contributed by atoms with Gasteiger partial charge in [-0.2, -0.15) is 0 Å². The molecule has 0 radical (unpaired) electrons. The van der Waals surface area contributed by atoms with Gasteiger partial charge in [0.25, 0.3) is 0 Å². The average molecular weight is 980 g/mol. The summed E-state index contributed by atoms with van der Waals surface area (Å²) in [5.74, 6) is 1.07. The van der Waals surface area contributed by atoms with E-state index in [0.717, 1.165) is 0 Å². The van der Waals surface area contributed by atoms with Crippen LogP contribution < -0.4 is 0 Å². The van der Waals surface area contributed by atoms with Crippen molar-refractivity contribution >= 4 is 44.5 Å².